The van der Waals surface area contributed by atoms with Crippen LogP contribution in [-0.2, 0) is 0 Å². The molecule has 2 aromatic rings. The highest BCUT2D eigenvalue weighted by atomic mass is 16.5. The molecule has 106 valence electrons. The smallest absolute Gasteiger partial charge is 0.179 e. The van der Waals surface area contributed by atoms with Crippen molar-refractivity contribution in [3.8, 4) is 17.2 Å². The van der Waals surface area contributed by atoms with Gasteiger partial charge < -0.3 is 19.3 Å². The topological polar surface area (TPSA) is 60.8 Å². The van der Waals surface area contributed by atoms with Crippen LogP contribution in [0.25, 0.3) is 0 Å². The largest absolute Gasteiger partial charge is 0.496 e. The molecule has 1 atom stereocenters. The fourth-order valence-corrected chi connectivity index (χ4v) is 1.95. The van der Waals surface area contributed by atoms with Crippen LogP contribution in [0.5, 0.6) is 17.2 Å². The first-order valence-electron chi connectivity index (χ1n) is 6.10. The van der Waals surface area contributed by atoms with Gasteiger partial charge in [0.2, 0.25) is 0 Å². The monoisotopic (exact) mass is 275 g/mol. The number of aliphatic hydroxyl groups is 1. The van der Waals surface area contributed by atoms with Crippen molar-refractivity contribution in [2.75, 3.05) is 21.3 Å². The molecule has 1 unspecified atom stereocenters. The molecule has 20 heavy (non-hydrogen) atoms. The molecule has 0 bridgehead atoms. The van der Waals surface area contributed by atoms with E-state index in [1.54, 1.807) is 25.3 Å². The van der Waals surface area contributed by atoms with Gasteiger partial charge in [-0.2, -0.15) is 0 Å². The second-order valence-corrected chi connectivity index (χ2v) is 4.11. The van der Waals surface area contributed by atoms with Crippen LogP contribution in [0, 0.1) is 0 Å². The van der Waals surface area contributed by atoms with Gasteiger partial charge in [-0.3, -0.25) is 4.98 Å². The summed E-state index contributed by atoms with van der Waals surface area (Å²) in [7, 11) is 4.64. The Labute approximate surface area is 117 Å². The maximum Gasteiger partial charge on any atom is 0.179 e. The van der Waals surface area contributed by atoms with Crippen molar-refractivity contribution in [1.82, 2.24) is 4.98 Å². The van der Waals surface area contributed by atoms with E-state index in [-0.39, 0.29) is 0 Å². The number of nitrogens with zero attached hydrogens (tertiary/aromatic N) is 1. The summed E-state index contributed by atoms with van der Waals surface area (Å²) < 4.78 is 15.6. The Morgan fingerprint density at radius 3 is 2.25 bits per heavy atom. The van der Waals surface area contributed by atoms with Gasteiger partial charge in [-0.1, -0.05) is 18.2 Å². The quantitative estimate of drug-likeness (QED) is 0.906. The average Bonchev–Trinajstić information content (AvgIpc) is 2.53. The minimum atomic E-state index is -0.897. The van der Waals surface area contributed by atoms with Gasteiger partial charge in [0.25, 0.3) is 0 Å². The summed E-state index contributed by atoms with van der Waals surface area (Å²) in [4.78, 5) is 4.20. The number of pyridine rings is 1. The van der Waals surface area contributed by atoms with Crippen molar-refractivity contribution in [3.63, 3.8) is 0 Å². The Balaban J connectivity index is 2.40. The van der Waals surface area contributed by atoms with Crippen LogP contribution in [0.2, 0.25) is 0 Å². The normalized spacial score (nSPS) is 11.8. The first-order chi connectivity index (χ1) is 9.71. The Bertz CT molecular complexity index is 586. The molecular formula is C15H17NO4. The second-order valence-electron chi connectivity index (χ2n) is 4.11. The number of benzene rings is 1. The molecule has 0 saturated carbocycles. The molecule has 0 aliphatic carbocycles. The predicted octanol–water partition coefficient (Wildman–Crippen LogP) is 2.19. The molecule has 0 spiro atoms. The van der Waals surface area contributed by atoms with E-state index in [9.17, 15) is 5.11 Å². The number of hydrogen-bond acceptors (Lipinski definition) is 5. The zero-order valence-corrected chi connectivity index (χ0v) is 11.7. The molecular weight excluding hydrogens is 258 g/mol. The van der Waals surface area contributed by atoms with Crippen molar-refractivity contribution in [2.45, 2.75) is 6.10 Å². The molecule has 5 nitrogen and oxygen atoms in total. The van der Waals surface area contributed by atoms with E-state index in [0.29, 0.717) is 28.5 Å². The number of aliphatic hydroxyl groups excluding tert-OH is 1. The lowest BCUT2D eigenvalue weighted by Gasteiger charge is -2.15. The Morgan fingerprint density at radius 2 is 1.60 bits per heavy atom. The summed E-state index contributed by atoms with van der Waals surface area (Å²) in [5.74, 6) is 1.64. The van der Waals surface area contributed by atoms with Gasteiger partial charge in [0.15, 0.2) is 11.5 Å². The molecule has 1 aromatic heterocycles. The van der Waals surface area contributed by atoms with Crippen molar-refractivity contribution in [2.24, 2.45) is 0 Å². The molecule has 5 heteroatoms. The fourth-order valence-electron chi connectivity index (χ4n) is 1.95. The van der Waals surface area contributed by atoms with E-state index in [1.165, 1.54) is 20.4 Å². The highest BCUT2D eigenvalue weighted by Gasteiger charge is 2.18. The van der Waals surface area contributed by atoms with Crippen molar-refractivity contribution in [3.05, 3.63) is 47.8 Å². The van der Waals surface area contributed by atoms with Crippen LogP contribution in [0.4, 0.5) is 0 Å². The molecule has 2 rings (SSSR count). The molecule has 0 amide bonds. The van der Waals surface area contributed by atoms with Crippen molar-refractivity contribution in [1.29, 1.82) is 0 Å². The number of hydrogen-bond donors (Lipinski definition) is 1. The minimum Gasteiger partial charge on any atom is -0.496 e. The molecule has 0 saturated heterocycles. The number of aromatic nitrogens is 1. The molecule has 0 aliphatic rings. The lowest BCUT2D eigenvalue weighted by molar-refractivity contribution is 0.209. The van der Waals surface area contributed by atoms with Gasteiger partial charge in [0, 0.05) is 11.6 Å². The summed E-state index contributed by atoms with van der Waals surface area (Å²) >= 11 is 0. The van der Waals surface area contributed by atoms with E-state index in [4.69, 9.17) is 14.2 Å². The van der Waals surface area contributed by atoms with Gasteiger partial charge in [-0.05, 0) is 6.07 Å². The Morgan fingerprint density at radius 1 is 0.950 bits per heavy atom. The summed E-state index contributed by atoms with van der Waals surface area (Å²) in [6.07, 6.45) is 0.623. The zero-order valence-electron chi connectivity index (χ0n) is 11.7. The maximum absolute atomic E-state index is 10.4. The Kier molecular flexibility index (Phi) is 4.42. The van der Waals surface area contributed by atoms with E-state index in [0.717, 1.165) is 0 Å². The summed E-state index contributed by atoms with van der Waals surface area (Å²) in [5, 5.41) is 10.4. The molecule has 1 aromatic carbocycles. The summed E-state index contributed by atoms with van der Waals surface area (Å²) in [5.41, 5.74) is 1.11. The van der Waals surface area contributed by atoms with Gasteiger partial charge in [-0.25, -0.2) is 0 Å². The van der Waals surface area contributed by atoms with E-state index >= 15 is 0 Å². The molecule has 1 N–H and O–H groups in total. The van der Waals surface area contributed by atoms with Crippen LogP contribution in [-0.4, -0.2) is 31.4 Å². The number of methoxy groups -OCH3 is 3. The summed E-state index contributed by atoms with van der Waals surface area (Å²) in [6, 6.07) is 8.91. The molecule has 0 fully saturated rings. The standard InChI is InChI=1S/C15H17NO4/c1-18-12-7-5-4-6-10(12)15(17)11-8-13(19-2)14(20-3)9-16-11/h4-9,15,17H,1-3H3. The average molecular weight is 275 g/mol. The van der Waals surface area contributed by atoms with Gasteiger partial charge in [-0.15, -0.1) is 0 Å². The first kappa shape index (κ1) is 14.1. The lowest BCUT2D eigenvalue weighted by atomic mass is 10.0. The number of ether oxygens (including phenoxy) is 3. The zero-order chi connectivity index (χ0) is 14.5. The third-order valence-corrected chi connectivity index (χ3v) is 3.01. The summed E-state index contributed by atoms with van der Waals surface area (Å²) in [6.45, 7) is 0. The van der Waals surface area contributed by atoms with E-state index in [2.05, 4.69) is 4.98 Å². The number of para-hydroxylation sites is 1. The van der Waals surface area contributed by atoms with Crippen LogP contribution in [0.3, 0.4) is 0 Å². The minimum absolute atomic E-state index is 0.465. The van der Waals surface area contributed by atoms with Crippen molar-refractivity contribution >= 4 is 0 Å². The molecule has 0 aliphatic heterocycles. The number of rotatable bonds is 5. The maximum atomic E-state index is 10.4. The highest BCUT2D eigenvalue weighted by molar-refractivity contribution is 5.43. The third kappa shape index (κ3) is 2.67. The SMILES string of the molecule is COc1cnc(C(O)c2ccccc2OC)cc1OC. The molecule has 1 heterocycles. The van der Waals surface area contributed by atoms with Crippen LogP contribution >= 0.6 is 0 Å². The van der Waals surface area contributed by atoms with Gasteiger partial charge >= 0.3 is 0 Å². The van der Waals surface area contributed by atoms with Gasteiger partial charge in [0.1, 0.15) is 11.9 Å². The lowest BCUT2D eigenvalue weighted by Crippen LogP contribution is -2.05. The fraction of sp³-hybridized carbons (Fsp3) is 0.267. The van der Waals surface area contributed by atoms with Crippen molar-refractivity contribution < 1.29 is 19.3 Å². The van der Waals surface area contributed by atoms with E-state index in [1.807, 2.05) is 12.1 Å². The predicted molar refractivity (Wildman–Crippen MR) is 74.4 cm³/mol. The Hall–Kier alpha value is -2.27. The third-order valence-electron chi connectivity index (χ3n) is 3.01. The second kappa shape index (κ2) is 6.25. The molecule has 0 radical (unpaired) electrons. The highest BCUT2D eigenvalue weighted by Crippen LogP contribution is 2.33. The first-order valence-corrected chi connectivity index (χ1v) is 6.10. The van der Waals surface area contributed by atoms with Gasteiger partial charge in [0.05, 0.1) is 33.2 Å². The van der Waals surface area contributed by atoms with E-state index < -0.39 is 6.10 Å². The van der Waals surface area contributed by atoms with Crippen LogP contribution in [0.15, 0.2) is 36.5 Å². The van der Waals surface area contributed by atoms with Crippen LogP contribution in [0.1, 0.15) is 17.4 Å². The van der Waals surface area contributed by atoms with Crippen LogP contribution < -0.4 is 14.2 Å².